The molecule has 0 aliphatic rings. The minimum Gasteiger partial charge on any atom is -0.388 e. The maximum Gasteiger partial charge on any atom is 0.252 e. The minimum absolute atomic E-state index is 0.179. The summed E-state index contributed by atoms with van der Waals surface area (Å²) >= 11 is 5.84. The van der Waals surface area contributed by atoms with Gasteiger partial charge in [-0.2, -0.15) is 0 Å². The predicted molar refractivity (Wildman–Crippen MR) is 54.4 cm³/mol. The first-order chi connectivity index (χ1) is 6.19. The number of halogens is 1. The van der Waals surface area contributed by atoms with Crippen LogP contribution in [0.25, 0.3) is 0 Å². The molecule has 0 aliphatic heterocycles. The second kappa shape index (κ2) is 4.14. The van der Waals surface area contributed by atoms with E-state index in [2.05, 4.69) is 10.6 Å². The topological polar surface area (TPSA) is 41.1 Å². The van der Waals surface area contributed by atoms with Crippen molar-refractivity contribution in [2.24, 2.45) is 0 Å². The summed E-state index contributed by atoms with van der Waals surface area (Å²) < 4.78 is 0. The van der Waals surface area contributed by atoms with Gasteiger partial charge in [0.15, 0.2) is 0 Å². The zero-order valence-electron chi connectivity index (χ0n) is 7.52. The number of hydrogen-bond acceptors (Lipinski definition) is 2. The van der Waals surface area contributed by atoms with Crippen LogP contribution >= 0.6 is 11.6 Å². The van der Waals surface area contributed by atoms with Gasteiger partial charge in [-0.15, -0.1) is 0 Å². The Labute approximate surface area is 82.1 Å². The van der Waals surface area contributed by atoms with E-state index in [1.807, 2.05) is 6.07 Å². The summed E-state index contributed by atoms with van der Waals surface area (Å²) in [5, 5.41) is 5.91. The Morgan fingerprint density at radius 1 is 1.38 bits per heavy atom. The van der Waals surface area contributed by atoms with E-state index in [-0.39, 0.29) is 5.91 Å². The van der Waals surface area contributed by atoms with E-state index >= 15 is 0 Å². The third-order valence-corrected chi connectivity index (χ3v) is 2.06. The second-order valence-corrected chi connectivity index (χ2v) is 2.93. The van der Waals surface area contributed by atoms with E-state index in [1.54, 1.807) is 26.2 Å². The fourth-order valence-electron chi connectivity index (χ4n) is 0.989. The van der Waals surface area contributed by atoms with Crippen molar-refractivity contribution < 1.29 is 4.79 Å². The molecule has 3 nitrogen and oxygen atoms in total. The van der Waals surface area contributed by atoms with Crippen LogP contribution in [-0.4, -0.2) is 20.0 Å². The molecular formula is C9H11ClN2O. The van der Waals surface area contributed by atoms with E-state index in [4.69, 9.17) is 11.6 Å². The van der Waals surface area contributed by atoms with Crippen LogP contribution < -0.4 is 10.6 Å². The Morgan fingerprint density at radius 3 is 2.62 bits per heavy atom. The van der Waals surface area contributed by atoms with Gasteiger partial charge in [0.25, 0.3) is 5.91 Å². The van der Waals surface area contributed by atoms with Gasteiger partial charge in [-0.3, -0.25) is 4.79 Å². The van der Waals surface area contributed by atoms with E-state index in [0.717, 1.165) is 5.69 Å². The third kappa shape index (κ3) is 2.12. The molecule has 1 rings (SSSR count). The Bertz CT molecular complexity index is 325. The van der Waals surface area contributed by atoms with Crippen LogP contribution in [0.15, 0.2) is 18.2 Å². The molecule has 0 fully saturated rings. The lowest BCUT2D eigenvalue weighted by molar-refractivity contribution is 0.0963. The first-order valence-corrected chi connectivity index (χ1v) is 4.26. The highest BCUT2D eigenvalue weighted by Crippen LogP contribution is 2.19. The van der Waals surface area contributed by atoms with Gasteiger partial charge in [-0.1, -0.05) is 11.6 Å². The minimum atomic E-state index is -0.179. The summed E-state index contributed by atoms with van der Waals surface area (Å²) in [5.74, 6) is -0.179. The molecule has 13 heavy (non-hydrogen) atoms. The predicted octanol–water partition coefficient (Wildman–Crippen LogP) is 1.74. The maximum atomic E-state index is 11.3. The Balaban J connectivity index is 3.11. The molecular weight excluding hydrogens is 188 g/mol. The molecule has 2 N–H and O–H groups in total. The van der Waals surface area contributed by atoms with Crippen molar-refractivity contribution in [2.45, 2.75) is 0 Å². The Morgan fingerprint density at radius 2 is 2.08 bits per heavy atom. The number of benzene rings is 1. The van der Waals surface area contributed by atoms with Crippen LogP contribution in [0.2, 0.25) is 5.02 Å². The molecule has 0 aliphatic carbocycles. The van der Waals surface area contributed by atoms with Crippen molar-refractivity contribution in [3.8, 4) is 0 Å². The highest BCUT2D eigenvalue weighted by atomic mass is 35.5. The summed E-state index contributed by atoms with van der Waals surface area (Å²) in [7, 11) is 3.36. The summed E-state index contributed by atoms with van der Waals surface area (Å²) in [6, 6.07) is 5.22. The van der Waals surface area contributed by atoms with Crippen molar-refractivity contribution in [2.75, 3.05) is 19.4 Å². The molecule has 1 aromatic rings. The number of hydrogen-bond donors (Lipinski definition) is 2. The molecule has 1 amide bonds. The number of carbonyl (C=O) groups is 1. The molecule has 0 heterocycles. The van der Waals surface area contributed by atoms with Gasteiger partial charge in [-0.25, -0.2) is 0 Å². The molecule has 0 spiro atoms. The zero-order chi connectivity index (χ0) is 9.84. The lowest BCUT2D eigenvalue weighted by Gasteiger charge is -2.05. The highest BCUT2D eigenvalue weighted by Gasteiger charge is 2.08. The summed E-state index contributed by atoms with van der Waals surface area (Å²) in [6.45, 7) is 0. The average molecular weight is 199 g/mol. The molecule has 0 saturated heterocycles. The van der Waals surface area contributed by atoms with E-state index in [9.17, 15) is 4.79 Å². The molecule has 4 heteroatoms. The number of rotatable bonds is 2. The largest absolute Gasteiger partial charge is 0.388 e. The Hall–Kier alpha value is -1.22. The Kier molecular flexibility index (Phi) is 3.14. The number of carbonyl (C=O) groups excluding carboxylic acids is 1. The highest BCUT2D eigenvalue weighted by molar-refractivity contribution is 6.34. The monoisotopic (exact) mass is 198 g/mol. The van der Waals surface area contributed by atoms with Gasteiger partial charge in [0.2, 0.25) is 0 Å². The second-order valence-electron chi connectivity index (χ2n) is 2.52. The van der Waals surface area contributed by atoms with Gasteiger partial charge in [0, 0.05) is 19.8 Å². The molecule has 0 bridgehead atoms. The number of nitrogens with one attached hydrogen (secondary N) is 2. The SMILES string of the molecule is CNC(=O)c1cc(NC)ccc1Cl. The molecule has 0 atom stereocenters. The van der Waals surface area contributed by atoms with Crippen LogP contribution in [0.5, 0.6) is 0 Å². The lowest BCUT2D eigenvalue weighted by atomic mass is 10.2. The normalized spacial score (nSPS) is 9.46. The molecule has 70 valence electrons. The maximum absolute atomic E-state index is 11.3. The van der Waals surface area contributed by atoms with E-state index in [0.29, 0.717) is 10.6 Å². The van der Waals surface area contributed by atoms with Crippen molar-refractivity contribution in [1.82, 2.24) is 5.32 Å². The standard InChI is InChI=1S/C9H11ClN2O/c1-11-6-3-4-8(10)7(5-6)9(13)12-2/h3-5,11H,1-2H3,(H,12,13). The summed E-state index contributed by atoms with van der Waals surface area (Å²) in [6.07, 6.45) is 0. The van der Waals surface area contributed by atoms with Gasteiger partial charge >= 0.3 is 0 Å². The summed E-state index contributed by atoms with van der Waals surface area (Å²) in [4.78, 5) is 11.3. The smallest absolute Gasteiger partial charge is 0.252 e. The molecule has 0 unspecified atom stereocenters. The molecule has 0 aromatic heterocycles. The zero-order valence-corrected chi connectivity index (χ0v) is 8.27. The lowest BCUT2D eigenvalue weighted by Crippen LogP contribution is -2.18. The van der Waals surface area contributed by atoms with Crippen LogP contribution in [0.4, 0.5) is 5.69 Å². The molecule has 0 radical (unpaired) electrons. The fraction of sp³-hybridized carbons (Fsp3) is 0.222. The van der Waals surface area contributed by atoms with Crippen LogP contribution in [0.3, 0.4) is 0 Å². The summed E-state index contributed by atoms with van der Waals surface area (Å²) in [5.41, 5.74) is 1.35. The number of amides is 1. The average Bonchev–Trinajstić information content (AvgIpc) is 2.17. The van der Waals surface area contributed by atoms with Crippen molar-refractivity contribution in [3.63, 3.8) is 0 Å². The van der Waals surface area contributed by atoms with Crippen LogP contribution in [0, 0.1) is 0 Å². The quantitative estimate of drug-likeness (QED) is 0.760. The first kappa shape index (κ1) is 9.86. The molecule has 1 aromatic carbocycles. The van der Waals surface area contributed by atoms with Gasteiger partial charge in [0.1, 0.15) is 0 Å². The van der Waals surface area contributed by atoms with Gasteiger partial charge < -0.3 is 10.6 Å². The first-order valence-electron chi connectivity index (χ1n) is 3.88. The third-order valence-electron chi connectivity index (χ3n) is 1.73. The van der Waals surface area contributed by atoms with E-state index < -0.39 is 0 Å². The number of anilines is 1. The van der Waals surface area contributed by atoms with Gasteiger partial charge in [-0.05, 0) is 18.2 Å². The van der Waals surface area contributed by atoms with Crippen molar-refractivity contribution >= 4 is 23.2 Å². The molecule has 0 saturated carbocycles. The van der Waals surface area contributed by atoms with Crippen molar-refractivity contribution in [1.29, 1.82) is 0 Å². The van der Waals surface area contributed by atoms with Crippen molar-refractivity contribution in [3.05, 3.63) is 28.8 Å². The van der Waals surface area contributed by atoms with E-state index in [1.165, 1.54) is 0 Å². The fourth-order valence-corrected chi connectivity index (χ4v) is 1.19. The van der Waals surface area contributed by atoms with Crippen LogP contribution in [-0.2, 0) is 0 Å². The van der Waals surface area contributed by atoms with Crippen LogP contribution in [0.1, 0.15) is 10.4 Å². The van der Waals surface area contributed by atoms with Gasteiger partial charge in [0.05, 0.1) is 10.6 Å².